The molecular formula is C15H22BNO2. The van der Waals surface area contributed by atoms with Gasteiger partial charge in [0.1, 0.15) is 0 Å². The molecule has 2 rings (SSSR count). The molecule has 0 spiro atoms. The van der Waals surface area contributed by atoms with Crippen LogP contribution in [0, 0.1) is 0 Å². The Balaban J connectivity index is 2.04. The maximum atomic E-state index is 5.89. The first-order valence-corrected chi connectivity index (χ1v) is 6.83. The Labute approximate surface area is 116 Å². The van der Waals surface area contributed by atoms with Crippen LogP contribution < -0.4 is 0 Å². The third-order valence-corrected chi connectivity index (χ3v) is 3.95. The van der Waals surface area contributed by atoms with Gasteiger partial charge in [-0.2, -0.15) is 0 Å². The highest BCUT2D eigenvalue weighted by Gasteiger charge is 2.49. The van der Waals surface area contributed by atoms with Crippen LogP contribution in [0.15, 0.2) is 24.3 Å². The molecule has 2 heterocycles. The molecular weight excluding hydrogens is 237 g/mol. The topological polar surface area (TPSA) is 31.4 Å². The summed E-state index contributed by atoms with van der Waals surface area (Å²) in [5.41, 5.74) is 1.59. The summed E-state index contributed by atoms with van der Waals surface area (Å²) in [6.45, 7) is 10.3. The number of hydrogen-bond acceptors (Lipinski definition) is 3. The second-order valence-corrected chi connectivity index (χ2v) is 5.93. The maximum absolute atomic E-state index is 5.89. The van der Waals surface area contributed by atoms with Gasteiger partial charge in [0.05, 0.1) is 16.9 Å². The summed E-state index contributed by atoms with van der Waals surface area (Å²) in [6.07, 6.45) is 4.86. The van der Waals surface area contributed by atoms with Gasteiger partial charge in [0.15, 0.2) is 0 Å². The predicted octanol–water partition coefficient (Wildman–Crippen LogP) is 3.29. The minimum absolute atomic E-state index is 0.290. The molecule has 0 amide bonds. The lowest BCUT2D eigenvalue weighted by molar-refractivity contribution is 0.00578. The average Bonchev–Trinajstić information content (AvgIpc) is 2.56. The summed E-state index contributed by atoms with van der Waals surface area (Å²) in [4.78, 5) is 4.39. The number of pyridine rings is 1. The molecule has 1 aromatic rings. The van der Waals surface area contributed by atoms with Crippen molar-refractivity contribution in [1.29, 1.82) is 0 Å². The molecule has 0 bridgehead atoms. The van der Waals surface area contributed by atoms with Gasteiger partial charge in [0, 0.05) is 6.20 Å². The van der Waals surface area contributed by atoms with Gasteiger partial charge in [-0.15, -0.1) is 0 Å². The van der Waals surface area contributed by atoms with Gasteiger partial charge in [0.25, 0.3) is 0 Å². The summed E-state index contributed by atoms with van der Waals surface area (Å²) in [5.74, 6) is 1.92. The molecule has 0 radical (unpaired) electrons. The van der Waals surface area contributed by atoms with Gasteiger partial charge < -0.3 is 9.31 Å². The predicted molar refractivity (Wildman–Crippen MR) is 78.7 cm³/mol. The zero-order valence-electron chi connectivity index (χ0n) is 12.4. The first-order valence-electron chi connectivity index (χ1n) is 6.83. The van der Waals surface area contributed by atoms with Crippen molar-refractivity contribution in [3.63, 3.8) is 0 Å². The van der Waals surface area contributed by atoms with Crippen molar-refractivity contribution in [1.82, 2.24) is 4.98 Å². The Kier molecular flexibility index (Phi) is 3.84. The molecule has 1 fully saturated rings. The molecule has 0 aromatic carbocycles. The second kappa shape index (κ2) is 5.10. The lowest BCUT2D eigenvalue weighted by Gasteiger charge is -2.32. The van der Waals surface area contributed by atoms with Gasteiger partial charge in [0.2, 0.25) is 0 Å². The minimum Gasteiger partial charge on any atom is -0.400 e. The molecule has 1 aliphatic rings. The minimum atomic E-state index is -0.308. The van der Waals surface area contributed by atoms with Crippen molar-refractivity contribution in [3.8, 4) is 0 Å². The fraction of sp³-hybridized carbons (Fsp3) is 0.533. The molecule has 0 aliphatic carbocycles. The molecule has 0 atom stereocenters. The van der Waals surface area contributed by atoms with E-state index >= 15 is 0 Å². The average molecular weight is 259 g/mol. The molecule has 1 saturated heterocycles. The van der Waals surface area contributed by atoms with Crippen LogP contribution in [0.3, 0.4) is 0 Å². The molecule has 4 heteroatoms. The van der Waals surface area contributed by atoms with E-state index in [0.29, 0.717) is 0 Å². The number of hydrogen-bond donors (Lipinski definition) is 0. The van der Waals surface area contributed by atoms with E-state index in [1.54, 1.807) is 0 Å². The van der Waals surface area contributed by atoms with E-state index in [1.807, 2.05) is 24.3 Å². The third-order valence-electron chi connectivity index (χ3n) is 3.95. The summed E-state index contributed by atoms with van der Waals surface area (Å²) in [5, 5.41) is 0. The molecule has 3 nitrogen and oxygen atoms in total. The van der Waals surface area contributed by atoms with Crippen LogP contribution in [0.25, 0.3) is 6.08 Å². The van der Waals surface area contributed by atoms with Crippen molar-refractivity contribution < 1.29 is 9.31 Å². The van der Waals surface area contributed by atoms with Crippen LogP contribution in [-0.4, -0.2) is 23.3 Å². The Morgan fingerprint density at radius 2 is 1.79 bits per heavy atom. The van der Waals surface area contributed by atoms with E-state index in [4.69, 9.17) is 9.31 Å². The molecule has 0 N–H and O–H groups in total. The second-order valence-electron chi connectivity index (χ2n) is 5.93. The van der Waals surface area contributed by atoms with Crippen molar-refractivity contribution >= 4 is 13.2 Å². The fourth-order valence-electron chi connectivity index (χ4n) is 1.89. The highest BCUT2D eigenvalue weighted by Crippen LogP contribution is 2.36. The SMILES string of the molecule is CCc1ccc(/C=C/B2OC(C)(C)C(C)(C)O2)nc1. The maximum Gasteiger partial charge on any atom is 0.487 e. The number of aromatic nitrogens is 1. The van der Waals surface area contributed by atoms with Crippen LogP contribution in [-0.2, 0) is 15.7 Å². The van der Waals surface area contributed by atoms with Gasteiger partial charge in [-0.25, -0.2) is 0 Å². The molecule has 1 aromatic heterocycles. The quantitative estimate of drug-likeness (QED) is 0.780. The van der Waals surface area contributed by atoms with Gasteiger partial charge in [-0.1, -0.05) is 19.0 Å². The first kappa shape index (κ1) is 14.3. The Bertz CT molecular complexity index is 450. The third kappa shape index (κ3) is 3.07. The highest BCUT2D eigenvalue weighted by molar-refractivity contribution is 6.52. The van der Waals surface area contributed by atoms with Crippen molar-refractivity contribution in [2.24, 2.45) is 0 Å². The van der Waals surface area contributed by atoms with E-state index in [1.165, 1.54) is 5.56 Å². The summed E-state index contributed by atoms with van der Waals surface area (Å²) in [7, 11) is -0.308. The van der Waals surface area contributed by atoms with E-state index in [0.717, 1.165) is 12.1 Å². The zero-order valence-corrected chi connectivity index (χ0v) is 12.4. The lowest BCUT2D eigenvalue weighted by atomic mass is 9.89. The van der Waals surface area contributed by atoms with Crippen molar-refractivity contribution in [3.05, 3.63) is 35.6 Å². The largest absolute Gasteiger partial charge is 0.487 e. The monoisotopic (exact) mass is 259 g/mol. The van der Waals surface area contributed by atoms with Gasteiger partial charge >= 0.3 is 7.12 Å². The molecule has 1 aliphatic heterocycles. The van der Waals surface area contributed by atoms with Crippen LogP contribution >= 0.6 is 0 Å². The van der Waals surface area contributed by atoms with Crippen LogP contribution in [0.4, 0.5) is 0 Å². The van der Waals surface area contributed by atoms with E-state index in [-0.39, 0.29) is 18.3 Å². The van der Waals surface area contributed by atoms with Crippen LogP contribution in [0.1, 0.15) is 45.9 Å². The van der Waals surface area contributed by atoms with E-state index < -0.39 is 0 Å². The summed E-state index contributed by atoms with van der Waals surface area (Å²) in [6, 6.07) is 4.11. The Hall–Kier alpha value is -1.13. The number of rotatable bonds is 3. The molecule has 0 saturated carbocycles. The first-order chi connectivity index (χ1) is 8.84. The molecule has 19 heavy (non-hydrogen) atoms. The normalized spacial score (nSPS) is 21.2. The fourth-order valence-corrected chi connectivity index (χ4v) is 1.89. The summed E-state index contributed by atoms with van der Waals surface area (Å²) >= 11 is 0. The Morgan fingerprint density at radius 3 is 2.26 bits per heavy atom. The van der Waals surface area contributed by atoms with Gasteiger partial charge in [-0.05, 0) is 51.8 Å². The lowest BCUT2D eigenvalue weighted by Crippen LogP contribution is -2.41. The molecule has 102 valence electrons. The van der Waals surface area contributed by atoms with Crippen LogP contribution in [0.2, 0.25) is 0 Å². The van der Waals surface area contributed by atoms with E-state index in [2.05, 4.69) is 45.7 Å². The van der Waals surface area contributed by atoms with Crippen molar-refractivity contribution in [2.45, 2.75) is 52.2 Å². The Morgan fingerprint density at radius 1 is 1.16 bits per heavy atom. The highest BCUT2D eigenvalue weighted by atomic mass is 16.7. The van der Waals surface area contributed by atoms with Gasteiger partial charge in [-0.3, -0.25) is 4.98 Å². The number of aryl methyl sites for hydroxylation is 1. The van der Waals surface area contributed by atoms with Crippen molar-refractivity contribution in [2.75, 3.05) is 0 Å². The number of nitrogens with zero attached hydrogens (tertiary/aromatic N) is 1. The smallest absolute Gasteiger partial charge is 0.400 e. The summed E-state index contributed by atoms with van der Waals surface area (Å²) < 4.78 is 11.8. The standard InChI is InChI=1S/C15H22BNO2/c1-6-12-7-8-13(17-11-12)9-10-16-18-14(2,3)15(4,5)19-16/h7-11H,6H2,1-5H3/b10-9+. The van der Waals surface area contributed by atoms with E-state index in [9.17, 15) is 0 Å². The molecule has 0 unspecified atom stereocenters. The van der Waals surface area contributed by atoms with Crippen LogP contribution in [0.5, 0.6) is 0 Å². The zero-order chi connectivity index (χ0) is 14.1.